The molecule has 3 aromatic rings. The molecule has 0 atom stereocenters. The van der Waals surface area contributed by atoms with Gasteiger partial charge in [-0.25, -0.2) is 0 Å². The van der Waals surface area contributed by atoms with Crippen LogP contribution in [0.1, 0.15) is 17.3 Å². The fourth-order valence-corrected chi connectivity index (χ4v) is 1.63. The van der Waals surface area contributed by atoms with E-state index in [1.807, 2.05) is 36.4 Å². The van der Waals surface area contributed by atoms with Crippen molar-refractivity contribution in [3.05, 3.63) is 78.4 Å². The summed E-state index contributed by atoms with van der Waals surface area (Å²) in [7, 11) is 0. The van der Waals surface area contributed by atoms with Crippen molar-refractivity contribution in [2.75, 3.05) is 0 Å². The predicted molar refractivity (Wildman–Crippen MR) is 56.7 cm³/mol. The zero-order chi connectivity index (χ0) is 10.8. The maximum Gasteiger partial charge on any atom is 0.0796 e. The zero-order valence-electron chi connectivity index (χ0n) is 8.42. The first-order valence-corrected chi connectivity index (χ1v) is 4.94. The van der Waals surface area contributed by atoms with Crippen molar-refractivity contribution < 1.29 is 13.3 Å². The highest BCUT2D eigenvalue weighted by Gasteiger charge is 2.16. The average molecular weight is 213 g/mol. The summed E-state index contributed by atoms with van der Waals surface area (Å²) in [6.45, 7) is 0. The van der Waals surface area contributed by atoms with Crippen LogP contribution in [0.3, 0.4) is 0 Å². The number of furan rings is 3. The molecule has 3 aromatic heterocycles. The standard InChI is InChI=1S/C13H9O3/c1-4-10(14-7-1)13(11-5-2-8-15-11)12-6-3-9-16-12/h1-9H/q-1. The minimum atomic E-state index is 0.727. The van der Waals surface area contributed by atoms with Crippen molar-refractivity contribution in [1.29, 1.82) is 0 Å². The molecule has 0 fully saturated rings. The summed E-state index contributed by atoms with van der Waals surface area (Å²) >= 11 is 0. The molecule has 0 saturated carbocycles. The van der Waals surface area contributed by atoms with Crippen molar-refractivity contribution in [3.63, 3.8) is 0 Å². The lowest BCUT2D eigenvalue weighted by Crippen LogP contribution is -2.00. The molecule has 0 aliphatic heterocycles. The van der Waals surface area contributed by atoms with Crippen LogP contribution in [0.25, 0.3) is 0 Å². The van der Waals surface area contributed by atoms with Gasteiger partial charge in [-0.15, -0.1) is 0 Å². The first-order chi connectivity index (χ1) is 7.95. The summed E-state index contributed by atoms with van der Waals surface area (Å²) < 4.78 is 16.2. The molecule has 3 heteroatoms. The van der Waals surface area contributed by atoms with Crippen LogP contribution in [0, 0.1) is 5.92 Å². The third-order valence-corrected chi connectivity index (χ3v) is 2.30. The van der Waals surface area contributed by atoms with Gasteiger partial charge in [0, 0.05) is 5.92 Å². The van der Waals surface area contributed by atoms with Crippen LogP contribution < -0.4 is 0 Å². The Morgan fingerprint density at radius 3 is 1.25 bits per heavy atom. The third-order valence-electron chi connectivity index (χ3n) is 2.30. The van der Waals surface area contributed by atoms with Crippen molar-refractivity contribution in [3.8, 4) is 0 Å². The summed E-state index contributed by atoms with van der Waals surface area (Å²) in [4.78, 5) is 0. The van der Waals surface area contributed by atoms with E-state index in [0.717, 1.165) is 23.2 Å². The first kappa shape index (κ1) is 8.97. The topological polar surface area (TPSA) is 39.4 Å². The Balaban J connectivity index is 2.09. The second-order valence-electron chi connectivity index (χ2n) is 3.31. The van der Waals surface area contributed by atoms with E-state index in [1.54, 1.807) is 18.8 Å². The maximum atomic E-state index is 5.39. The molecule has 0 bridgehead atoms. The molecule has 80 valence electrons. The molecule has 3 rings (SSSR count). The van der Waals surface area contributed by atoms with E-state index < -0.39 is 0 Å². The van der Waals surface area contributed by atoms with Gasteiger partial charge >= 0.3 is 0 Å². The van der Waals surface area contributed by atoms with Gasteiger partial charge in [0.05, 0.1) is 36.1 Å². The Kier molecular flexibility index (Phi) is 2.07. The smallest absolute Gasteiger partial charge is 0.0796 e. The van der Waals surface area contributed by atoms with Gasteiger partial charge in [0.1, 0.15) is 0 Å². The van der Waals surface area contributed by atoms with Gasteiger partial charge < -0.3 is 13.3 Å². The minimum Gasteiger partial charge on any atom is -0.484 e. The second kappa shape index (κ2) is 3.70. The molecular formula is C13H9O3-. The van der Waals surface area contributed by atoms with Gasteiger partial charge in [0.25, 0.3) is 0 Å². The summed E-state index contributed by atoms with van der Waals surface area (Å²) in [5, 5.41) is 0. The van der Waals surface area contributed by atoms with Gasteiger partial charge in [-0.2, -0.15) is 0 Å². The molecule has 0 unspecified atom stereocenters. The Morgan fingerprint density at radius 1 is 0.625 bits per heavy atom. The minimum absolute atomic E-state index is 0.727. The summed E-state index contributed by atoms with van der Waals surface area (Å²) in [5.41, 5.74) is 0. The van der Waals surface area contributed by atoms with Crippen LogP contribution in [0.5, 0.6) is 0 Å². The van der Waals surface area contributed by atoms with Crippen LogP contribution in [0.15, 0.2) is 68.4 Å². The van der Waals surface area contributed by atoms with Gasteiger partial charge in [-0.05, 0) is 0 Å². The van der Waals surface area contributed by atoms with Crippen molar-refractivity contribution >= 4 is 0 Å². The molecule has 3 nitrogen and oxygen atoms in total. The molecular weight excluding hydrogens is 204 g/mol. The Hall–Kier alpha value is -2.29. The van der Waals surface area contributed by atoms with Gasteiger partial charge in [-0.1, -0.05) is 36.4 Å². The Bertz CT molecular complexity index is 436. The SMILES string of the molecule is c1coc([C-](c2ccco2)c2ccco2)c1. The van der Waals surface area contributed by atoms with E-state index in [-0.39, 0.29) is 0 Å². The average Bonchev–Trinajstić information content (AvgIpc) is 3.02. The molecule has 0 aliphatic carbocycles. The van der Waals surface area contributed by atoms with E-state index in [0.29, 0.717) is 0 Å². The lowest BCUT2D eigenvalue weighted by molar-refractivity contribution is 0.461. The van der Waals surface area contributed by atoms with E-state index in [4.69, 9.17) is 13.3 Å². The van der Waals surface area contributed by atoms with Crippen molar-refractivity contribution in [1.82, 2.24) is 0 Å². The van der Waals surface area contributed by atoms with Crippen molar-refractivity contribution in [2.24, 2.45) is 0 Å². The van der Waals surface area contributed by atoms with E-state index in [9.17, 15) is 0 Å². The van der Waals surface area contributed by atoms with Crippen LogP contribution in [-0.4, -0.2) is 0 Å². The van der Waals surface area contributed by atoms with Crippen LogP contribution >= 0.6 is 0 Å². The molecule has 0 aliphatic rings. The highest BCUT2D eigenvalue weighted by molar-refractivity contribution is 5.46. The number of hydrogen-bond acceptors (Lipinski definition) is 3. The van der Waals surface area contributed by atoms with Gasteiger partial charge in [0.15, 0.2) is 0 Å². The van der Waals surface area contributed by atoms with E-state index in [2.05, 4.69) is 0 Å². The largest absolute Gasteiger partial charge is 0.484 e. The second-order valence-corrected chi connectivity index (χ2v) is 3.31. The first-order valence-electron chi connectivity index (χ1n) is 4.94. The summed E-state index contributed by atoms with van der Waals surface area (Å²) in [6, 6.07) is 11.1. The quantitative estimate of drug-likeness (QED) is 0.625. The van der Waals surface area contributed by atoms with Gasteiger partial charge in [0.2, 0.25) is 0 Å². The molecule has 0 N–H and O–H groups in total. The Labute approximate surface area is 92.3 Å². The highest BCUT2D eigenvalue weighted by atomic mass is 16.4. The lowest BCUT2D eigenvalue weighted by atomic mass is 10.0. The summed E-state index contributed by atoms with van der Waals surface area (Å²) in [5.74, 6) is 3.00. The molecule has 0 amide bonds. The number of hydrogen-bond donors (Lipinski definition) is 0. The summed E-state index contributed by atoms with van der Waals surface area (Å²) in [6.07, 6.45) is 4.88. The monoisotopic (exact) mass is 213 g/mol. The highest BCUT2D eigenvalue weighted by Crippen LogP contribution is 2.31. The fraction of sp³-hybridized carbons (Fsp3) is 0. The maximum absolute atomic E-state index is 5.39. The van der Waals surface area contributed by atoms with E-state index >= 15 is 0 Å². The number of rotatable bonds is 3. The molecule has 16 heavy (non-hydrogen) atoms. The molecule has 0 saturated heterocycles. The fourth-order valence-electron chi connectivity index (χ4n) is 1.63. The van der Waals surface area contributed by atoms with Crippen LogP contribution in [0.2, 0.25) is 0 Å². The molecule has 3 heterocycles. The molecule has 0 spiro atoms. The third kappa shape index (κ3) is 1.42. The van der Waals surface area contributed by atoms with Crippen LogP contribution in [0.4, 0.5) is 0 Å². The molecule has 0 aromatic carbocycles. The normalized spacial score (nSPS) is 10.5. The Morgan fingerprint density at radius 2 is 1.00 bits per heavy atom. The molecule has 0 radical (unpaired) electrons. The predicted octanol–water partition coefficient (Wildman–Crippen LogP) is 3.48. The van der Waals surface area contributed by atoms with E-state index in [1.165, 1.54) is 0 Å². The van der Waals surface area contributed by atoms with Gasteiger partial charge in [-0.3, -0.25) is 0 Å². The lowest BCUT2D eigenvalue weighted by Gasteiger charge is -2.15. The zero-order valence-corrected chi connectivity index (χ0v) is 8.42. The van der Waals surface area contributed by atoms with Crippen molar-refractivity contribution in [2.45, 2.75) is 0 Å². The van der Waals surface area contributed by atoms with Crippen LogP contribution in [-0.2, 0) is 0 Å².